The molecular formula is C25H31ClIN3O4. The van der Waals surface area contributed by atoms with E-state index in [1.54, 1.807) is 0 Å². The molecule has 3 rings (SSSR count). The largest absolute Gasteiger partial charge is 0.493 e. The SMILES string of the molecule is C[C@@H](CCl)COc1ccc(C(C)(C)c2ccc(OC[C@@H](O)Cn3nnc([123I])c3CO)cc2)cc1. The first-order valence-corrected chi connectivity index (χ1v) is 12.7. The lowest BCUT2D eigenvalue weighted by Gasteiger charge is -2.26. The Labute approximate surface area is 219 Å². The number of hydrogen-bond acceptors (Lipinski definition) is 6. The van der Waals surface area contributed by atoms with Crippen LogP contribution in [0.2, 0.25) is 0 Å². The molecule has 2 aromatic carbocycles. The van der Waals surface area contributed by atoms with E-state index in [2.05, 4.69) is 43.2 Å². The average Bonchev–Trinajstić information content (AvgIpc) is 3.20. The highest BCUT2D eigenvalue weighted by atomic mass is 123. The fraction of sp³-hybridized carbons (Fsp3) is 0.440. The first-order valence-electron chi connectivity index (χ1n) is 11.1. The molecule has 2 N–H and O–H groups in total. The number of aromatic nitrogens is 3. The summed E-state index contributed by atoms with van der Waals surface area (Å²) < 4.78 is 13.7. The van der Waals surface area contributed by atoms with E-state index in [4.69, 9.17) is 21.1 Å². The van der Waals surface area contributed by atoms with Gasteiger partial charge in [0.25, 0.3) is 0 Å². The maximum atomic E-state index is 10.3. The molecule has 184 valence electrons. The molecule has 2 atom stereocenters. The lowest BCUT2D eigenvalue weighted by molar-refractivity contribution is 0.0866. The van der Waals surface area contributed by atoms with Gasteiger partial charge in [0, 0.05) is 17.2 Å². The van der Waals surface area contributed by atoms with Crippen LogP contribution in [-0.4, -0.2) is 50.4 Å². The second kappa shape index (κ2) is 12.2. The van der Waals surface area contributed by atoms with Gasteiger partial charge in [-0.25, -0.2) is 4.68 Å². The molecule has 0 aliphatic heterocycles. The Morgan fingerprint density at radius 2 is 1.53 bits per heavy atom. The zero-order chi connectivity index (χ0) is 24.7. The molecule has 1 aromatic heterocycles. The molecule has 0 aliphatic rings. The highest BCUT2D eigenvalue weighted by Crippen LogP contribution is 2.33. The van der Waals surface area contributed by atoms with Gasteiger partial charge in [0.05, 0.1) is 25.5 Å². The summed E-state index contributed by atoms with van der Waals surface area (Å²) in [7, 11) is 0. The smallest absolute Gasteiger partial charge is 0.149 e. The maximum Gasteiger partial charge on any atom is 0.149 e. The molecule has 0 unspecified atom stereocenters. The molecule has 3 aromatic rings. The van der Waals surface area contributed by atoms with E-state index in [0.29, 0.717) is 33.5 Å². The van der Waals surface area contributed by atoms with Gasteiger partial charge in [-0.15, -0.1) is 16.7 Å². The standard InChI is InChI=1S/C25H31ClIN3O4/c1-17(12-26)15-33-21-8-4-18(5-9-21)25(2,3)19-6-10-22(11-7-19)34-16-20(32)13-30-23(14-31)24(27)28-29-30/h4-11,17,20,31-32H,12-16H2,1-3H3/t17-,20-/m0/s1/i27-4. The van der Waals surface area contributed by atoms with Gasteiger partial charge < -0.3 is 19.7 Å². The van der Waals surface area contributed by atoms with Crippen LogP contribution in [0.4, 0.5) is 0 Å². The first kappa shape index (κ1) is 26.7. The second-order valence-electron chi connectivity index (χ2n) is 8.88. The average molecular weight is 596 g/mol. The third kappa shape index (κ3) is 6.84. The Kier molecular flexibility index (Phi) is 9.58. The molecular weight excluding hydrogens is 565 g/mol. The predicted molar refractivity (Wildman–Crippen MR) is 141 cm³/mol. The quantitative estimate of drug-likeness (QED) is 0.239. The van der Waals surface area contributed by atoms with E-state index in [1.165, 1.54) is 10.2 Å². The summed E-state index contributed by atoms with van der Waals surface area (Å²) >= 11 is 7.85. The van der Waals surface area contributed by atoms with Crippen molar-refractivity contribution in [2.45, 2.75) is 45.4 Å². The molecule has 0 fully saturated rings. The maximum absolute atomic E-state index is 10.3. The Bertz CT molecular complexity index is 1040. The molecule has 0 spiro atoms. The van der Waals surface area contributed by atoms with Gasteiger partial charge in [-0.1, -0.05) is 50.3 Å². The number of nitrogens with zero attached hydrogens (tertiary/aromatic N) is 3. The van der Waals surface area contributed by atoms with Gasteiger partial charge in [0.2, 0.25) is 0 Å². The number of rotatable bonds is 12. The summed E-state index contributed by atoms with van der Waals surface area (Å²) in [6.07, 6.45) is -0.785. The number of hydrogen-bond donors (Lipinski definition) is 2. The van der Waals surface area contributed by atoms with Gasteiger partial charge in [-0.05, 0) is 58.0 Å². The van der Waals surface area contributed by atoms with Crippen LogP contribution in [0.15, 0.2) is 48.5 Å². The summed E-state index contributed by atoms with van der Waals surface area (Å²) in [6, 6.07) is 16.1. The minimum atomic E-state index is -0.785. The van der Waals surface area contributed by atoms with Crippen molar-refractivity contribution in [1.82, 2.24) is 15.0 Å². The topological polar surface area (TPSA) is 89.6 Å². The molecule has 1 heterocycles. The number of aliphatic hydroxyl groups excluding tert-OH is 2. The van der Waals surface area contributed by atoms with Crippen molar-refractivity contribution in [1.29, 1.82) is 0 Å². The van der Waals surface area contributed by atoms with Crippen molar-refractivity contribution in [3.63, 3.8) is 0 Å². The molecule has 9 heteroatoms. The van der Waals surface area contributed by atoms with Crippen LogP contribution in [0.3, 0.4) is 0 Å². The third-order valence-corrected chi connectivity index (χ3v) is 7.08. The summed E-state index contributed by atoms with van der Waals surface area (Å²) in [5, 5.41) is 27.6. The van der Waals surface area contributed by atoms with Crippen LogP contribution in [-0.2, 0) is 18.6 Å². The number of aliphatic hydroxyl groups is 2. The number of alkyl halides is 1. The zero-order valence-corrected chi connectivity index (χ0v) is 22.5. The third-order valence-electron chi connectivity index (χ3n) is 5.72. The highest BCUT2D eigenvalue weighted by molar-refractivity contribution is 14.1. The summed E-state index contributed by atoms with van der Waals surface area (Å²) in [4.78, 5) is 0. The van der Waals surface area contributed by atoms with E-state index in [0.717, 1.165) is 11.3 Å². The monoisotopic (exact) mass is 595 g/mol. The zero-order valence-electron chi connectivity index (χ0n) is 19.6. The molecule has 7 nitrogen and oxygen atoms in total. The second-order valence-corrected chi connectivity index (χ2v) is 10.2. The Balaban J connectivity index is 1.57. The lowest BCUT2D eigenvalue weighted by atomic mass is 9.78. The molecule has 34 heavy (non-hydrogen) atoms. The number of ether oxygens (including phenoxy) is 2. The molecule has 0 saturated heterocycles. The van der Waals surface area contributed by atoms with Crippen LogP contribution in [0.5, 0.6) is 11.5 Å². The van der Waals surface area contributed by atoms with Crippen LogP contribution in [0, 0.1) is 9.62 Å². The fourth-order valence-corrected chi connectivity index (χ4v) is 4.07. The predicted octanol–water partition coefficient (Wildman–Crippen LogP) is 4.39. The minimum Gasteiger partial charge on any atom is -0.493 e. The van der Waals surface area contributed by atoms with Crippen molar-refractivity contribution < 1.29 is 19.7 Å². The first-order chi connectivity index (χ1) is 16.2. The van der Waals surface area contributed by atoms with Gasteiger partial charge in [0.15, 0.2) is 0 Å². The molecule has 0 aliphatic carbocycles. The van der Waals surface area contributed by atoms with Crippen molar-refractivity contribution in [3.05, 3.63) is 69.1 Å². The number of halogens is 2. The van der Waals surface area contributed by atoms with Crippen molar-refractivity contribution in [2.75, 3.05) is 19.1 Å². The van der Waals surface area contributed by atoms with Gasteiger partial charge in [0.1, 0.15) is 27.9 Å². The van der Waals surface area contributed by atoms with Crippen molar-refractivity contribution in [3.8, 4) is 11.5 Å². The lowest BCUT2D eigenvalue weighted by Crippen LogP contribution is -2.25. The Morgan fingerprint density at radius 3 is 2.03 bits per heavy atom. The van der Waals surface area contributed by atoms with E-state index in [9.17, 15) is 10.2 Å². The fourth-order valence-electron chi connectivity index (χ4n) is 3.44. The normalized spacial score (nSPS) is 13.5. The van der Waals surface area contributed by atoms with Crippen LogP contribution in [0.25, 0.3) is 0 Å². The molecule has 0 saturated carbocycles. The van der Waals surface area contributed by atoms with Crippen molar-refractivity contribution >= 4 is 34.2 Å². The van der Waals surface area contributed by atoms with Crippen LogP contribution in [0.1, 0.15) is 37.6 Å². The van der Waals surface area contributed by atoms with E-state index in [-0.39, 0.29) is 25.2 Å². The summed E-state index contributed by atoms with van der Waals surface area (Å²) in [5.74, 6) is 2.40. The summed E-state index contributed by atoms with van der Waals surface area (Å²) in [6.45, 7) is 7.13. The van der Waals surface area contributed by atoms with Crippen LogP contribution < -0.4 is 9.47 Å². The van der Waals surface area contributed by atoms with Crippen LogP contribution >= 0.6 is 34.2 Å². The van der Waals surface area contributed by atoms with E-state index >= 15 is 0 Å². The van der Waals surface area contributed by atoms with E-state index in [1.807, 2.05) is 59.0 Å². The Hall–Kier alpha value is -1.88. The molecule has 0 amide bonds. The van der Waals surface area contributed by atoms with Gasteiger partial charge in [-0.3, -0.25) is 0 Å². The minimum absolute atomic E-state index is 0.105. The Morgan fingerprint density at radius 1 is 1.00 bits per heavy atom. The highest BCUT2D eigenvalue weighted by Gasteiger charge is 2.23. The molecule has 0 bridgehead atoms. The van der Waals surface area contributed by atoms with Gasteiger partial charge >= 0.3 is 0 Å². The molecule has 0 radical (unpaired) electrons. The summed E-state index contributed by atoms with van der Waals surface area (Å²) in [5.41, 5.74) is 2.70. The van der Waals surface area contributed by atoms with E-state index < -0.39 is 6.10 Å². The van der Waals surface area contributed by atoms with Gasteiger partial charge in [-0.2, -0.15) is 0 Å². The van der Waals surface area contributed by atoms with Crippen molar-refractivity contribution in [2.24, 2.45) is 5.92 Å². The number of benzene rings is 2.